The summed E-state index contributed by atoms with van der Waals surface area (Å²) in [6.45, 7) is 6.18. The van der Waals surface area contributed by atoms with Crippen molar-refractivity contribution >= 4 is 58.2 Å². The fourth-order valence-corrected chi connectivity index (χ4v) is 4.84. The molecule has 0 radical (unpaired) electrons. The molecule has 0 unspecified atom stereocenters. The van der Waals surface area contributed by atoms with Gasteiger partial charge in [0.1, 0.15) is 0 Å². The number of thioether (sulfide) groups is 1. The van der Waals surface area contributed by atoms with Gasteiger partial charge >= 0.3 is 66.3 Å². The second kappa shape index (κ2) is 29.3. The van der Waals surface area contributed by atoms with Crippen molar-refractivity contribution in [1.82, 2.24) is 5.32 Å². The molecule has 0 aliphatic rings. The van der Waals surface area contributed by atoms with Crippen molar-refractivity contribution in [2.24, 2.45) is 0 Å². The second-order valence-electron chi connectivity index (χ2n) is 2.03. The third kappa shape index (κ3) is 48.9. The summed E-state index contributed by atoms with van der Waals surface area (Å²) in [6, 6.07) is 0. The van der Waals surface area contributed by atoms with Crippen LogP contribution in [0.15, 0.2) is 0 Å². The Morgan fingerprint density at radius 3 is 1.86 bits per heavy atom. The van der Waals surface area contributed by atoms with Crippen LogP contribution < -0.4 is 5.32 Å². The first-order valence-corrected chi connectivity index (χ1v) is 11.2. The number of nitrogens with one attached hydrogen (secondary N) is 1. The Hall–Kier alpha value is 1.81. The normalized spacial score (nSPS) is 7.57. The van der Waals surface area contributed by atoms with Crippen LogP contribution in [-0.4, -0.2) is 49.3 Å². The van der Waals surface area contributed by atoms with Gasteiger partial charge in [-0.25, -0.2) is 0 Å². The minimum atomic E-state index is 0.0938. The summed E-state index contributed by atoms with van der Waals surface area (Å²) in [4.78, 5) is 0. The summed E-state index contributed by atoms with van der Waals surface area (Å²) in [5.74, 6) is 2.81. The van der Waals surface area contributed by atoms with E-state index in [1.807, 2.05) is 32.7 Å². The Balaban J connectivity index is -0.000000168. The van der Waals surface area contributed by atoms with Crippen LogP contribution in [0.1, 0.15) is 20.8 Å². The van der Waals surface area contributed by atoms with Gasteiger partial charge in [-0.15, -0.1) is 0 Å². The Labute approximate surface area is 116 Å². The van der Waals surface area contributed by atoms with Gasteiger partial charge in [-0.2, -0.15) is 11.5 Å². The quantitative estimate of drug-likeness (QED) is 0.349. The summed E-state index contributed by atoms with van der Waals surface area (Å²) in [5.41, 5.74) is 0. The molecular weight excluding hydrogens is 337 g/mol. The number of hydrogen-bond acceptors (Lipinski definition) is 4. The van der Waals surface area contributed by atoms with Gasteiger partial charge in [-0.05, 0) is 0 Å². The third-order valence-corrected chi connectivity index (χ3v) is 6.52. The fourth-order valence-electron chi connectivity index (χ4n) is 0.327. The van der Waals surface area contributed by atoms with Crippen molar-refractivity contribution in [3.8, 4) is 0 Å². The molecule has 0 atom stereocenters. The molecule has 0 aromatic rings. The minimum absolute atomic E-state index is 0.0938. The van der Waals surface area contributed by atoms with Gasteiger partial charge in [0.2, 0.25) is 0 Å². The van der Waals surface area contributed by atoms with Crippen molar-refractivity contribution in [2.45, 2.75) is 25.2 Å². The molecule has 14 heavy (non-hydrogen) atoms. The SMILES string of the molecule is CC[S-].CC[S-].C[CH2][Sn+2][CH2]SCNC. The van der Waals surface area contributed by atoms with Crippen LogP contribution in [0.5, 0.6) is 0 Å². The van der Waals surface area contributed by atoms with Crippen molar-refractivity contribution in [2.75, 3.05) is 28.2 Å². The average molecular weight is 360 g/mol. The molecule has 0 aromatic carbocycles. The van der Waals surface area contributed by atoms with Gasteiger partial charge in [-0.3, -0.25) is 0 Å². The molecule has 0 saturated carbocycles. The van der Waals surface area contributed by atoms with Gasteiger partial charge in [0, 0.05) is 0 Å². The van der Waals surface area contributed by atoms with Gasteiger partial charge in [-0.1, -0.05) is 13.8 Å². The van der Waals surface area contributed by atoms with E-state index < -0.39 is 0 Å². The van der Waals surface area contributed by atoms with Gasteiger partial charge in [0.15, 0.2) is 0 Å². The molecular formula is C9H23NS3Sn. The molecule has 0 spiro atoms. The molecule has 0 aromatic heterocycles. The van der Waals surface area contributed by atoms with E-state index in [1.54, 1.807) is 0 Å². The zero-order chi connectivity index (χ0) is 11.7. The van der Waals surface area contributed by atoms with Crippen molar-refractivity contribution < 1.29 is 0 Å². The van der Waals surface area contributed by atoms with Crippen LogP contribution >= 0.6 is 11.8 Å². The molecule has 0 aliphatic carbocycles. The molecule has 1 N–H and O–H groups in total. The summed E-state index contributed by atoms with van der Waals surface area (Å²) in [5, 5.41) is 3.12. The van der Waals surface area contributed by atoms with Crippen LogP contribution in [-0.2, 0) is 25.3 Å². The Kier molecular flexibility index (Phi) is 44.3. The Morgan fingerprint density at radius 2 is 1.57 bits per heavy atom. The van der Waals surface area contributed by atoms with Crippen molar-refractivity contribution in [1.29, 1.82) is 0 Å². The molecule has 0 aliphatic heterocycles. The first kappa shape index (κ1) is 21.1. The molecule has 0 bridgehead atoms. The first-order chi connectivity index (χ1) is 6.74. The molecule has 1 nitrogen and oxygen atoms in total. The van der Waals surface area contributed by atoms with Crippen molar-refractivity contribution in [3.05, 3.63) is 0 Å². The third-order valence-electron chi connectivity index (χ3n) is 0.701. The fraction of sp³-hybridized carbons (Fsp3) is 1.00. The summed E-state index contributed by atoms with van der Waals surface area (Å²) >= 11 is 10.9. The summed E-state index contributed by atoms with van der Waals surface area (Å²) < 4.78 is 2.96. The van der Waals surface area contributed by atoms with E-state index in [0.717, 1.165) is 17.4 Å². The topological polar surface area (TPSA) is 12.0 Å². The van der Waals surface area contributed by atoms with E-state index in [0.29, 0.717) is 0 Å². The summed E-state index contributed by atoms with van der Waals surface area (Å²) in [7, 11) is 2.00. The molecule has 0 rings (SSSR count). The van der Waals surface area contributed by atoms with E-state index in [9.17, 15) is 0 Å². The summed E-state index contributed by atoms with van der Waals surface area (Å²) in [6.07, 6.45) is 0. The molecule has 0 fully saturated rings. The van der Waals surface area contributed by atoms with Crippen LogP contribution in [0, 0.1) is 0 Å². The van der Waals surface area contributed by atoms with Crippen LogP contribution in [0.3, 0.4) is 0 Å². The standard InChI is InChI=1S/C3H8NS.2C2H6S.C2H5.Sn/c1-4-3-5-2;2*1-2-3;1-2;/h4H,2-3H2,1H3;2*3H,2H2,1H3;1H2,2H3;/q;;;;+2/p-2. The van der Waals surface area contributed by atoms with Gasteiger partial charge in [0.05, 0.1) is 0 Å². The van der Waals surface area contributed by atoms with E-state index in [1.165, 1.54) is 8.21 Å². The van der Waals surface area contributed by atoms with Crippen LogP contribution in [0.2, 0.25) is 4.44 Å². The predicted molar refractivity (Wildman–Crippen MR) is 78.4 cm³/mol. The number of rotatable bonds is 5. The predicted octanol–water partition coefficient (Wildman–Crippen LogP) is 2.10. The molecule has 0 heterocycles. The zero-order valence-electron chi connectivity index (χ0n) is 9.76. The van der Waals surface area contributed by atoms with Crippen LogP contribution in [0.4, 0.5) is 0 Å². The Morgan fingerprint density at radius 1 is 1.14 bits per heavy atom. The first-order valence-electron chi connectivity index (χ1n) is 4.84. The Bertz CT molecular complexity index is 60.0. The second-order valence-corrected chi connectivity index (χ2v) is 10.1. The van der Waals surface area contributed by atoms with Gasteiger partial charge in [0.25, 0.3) is 0 Å². The molecule has 0 saturated heterocycles. The van der Waals surface area contributed by atoms with E-state index in [2.05, 4.69) is 37.5 Å². The number of hydrogen-bond donors (Lipinski definition) is 1. The van der Waals surface area contributed by atoms with Crippen LogP contribution in [0.25, 0.3) is 0 Å². The van der Waals surface area contributed by atoms with Gasteiger partial charge < -0.3 is 25.3 Å². The molecule has 0 amide bonds. The van der Waals surface area contributed by atoms with E-state index in [-0.39, 0.29) is 21.1 Å². The molecule has 86 valence electrons. The average Bonchev–Trinajstić information content (AvgIpc) is 2.15. The monoisotopic (exact) mass is 361 g/mol. The zero-order valence-corrected chi connectivity index (χ0v) is 15.1. The van der Waals surface area contributed by atoms with E-state index >= 15 is 0 Å². The maximum absolute atomic E-state index is 4.39. The van der Waals surface area contributed by atoms with E-state index in [4.69, 9.17) is 0 Å². The van der Waals surface area contributed by atoms with Crippen molar-refractivity contribution in [3.63, 3.8) is 0 Å². The molecule has 5 heteroatoms. The maximum atomic E-state index is 4.39.